The Morgan fingerprint density at radius 2 is 1.26 bits per heavy atom. The first-order valence-electron chi connectivity index (χ1n) is 10.5. The van der Waals surface area contributed by atoms with Crippen molar-refractivity contribution >= 4 is 0 Å². The molecule has 2 rings (SSSR count). The molecule has 23 heavy (non-hydrogen) atoms. The summed E-state index contributed by atoms with van der Waals surface area (Å²) in [4.78, 5) is 0. The topological polar surface area (TPSA) is 0 Å². The number of fused-ring (bicyclic) bond motifs is 1. The Morgan fingerprint density at radius 3 is 1.87 bits per heavy atom. The minimum Gasteiger partial charge on any atom is -0.0623 e. The Kier molecular flexibility index (Phi) is 5.65. The van der Waals surface area contributed by atoms with Crippen LogP contribution in [-0.4, -0.2) is 0 Å². The van der Waals surface area contributed by atoms with E-state index in [0.29, 0.717) is 16.2 Å². The highest BCUT2D eigenvalue weighted by molar-refractivity contribution is 5.02. The van der Waals surface area contributed by atoms with Crippen LogP contribution in [0.2, 0.25) is 0 Å². The second kappa shape index (κ2) is 6.72. The van der Waals surface area contributed by atoms with E-state index in [1.807, 2.05) is 0 Å². The Balaban J connectivity index is 2.10. The molecule has 0 bridgehead atoms. The summed E-state index contributed by atoms with van der Waals surface area (Å²) >= 11 is 0. The molecule has 0 heteroatoms. The van der Waals surface area contributed by atoms with Gasteiger partial charge in [-0.3, -0.25) is 0 Å². The van der Waals surface area contributed by atoms with Gasteiger partial charge in [0.1, 0.15) is 0 Å². The Hall–Kier alpha value is 0. The summed E-state index contributed by atoms with van der Waals surface area (Å²) in [5.74, 6) is 3.76. The van der Waals surface area contributed by atoms with Crippen LogP contribution < -0.4 is 0 Å². The van der Waals surface area contributed by atoms with Gasteiger partial charge in [0.05, 0.1) is 0 Å². The lowest BCUT2D eigenvalue weighted by atomic mass is 9.61. The van der Waals surface area contributed by atoms with E-state index in [1.165, 1.54) is 51.4 Å². The van der Waals surface area contributed by atoms with Gasteiger partial charge in [-0.1, -0.05) is 68.2 Å². The fourth-order valence-electron chi connectivity index (χ4n) is 5.02. The molecule has 4 atom stereocenters. The summed E-state index contributed by atoms with van der Waals surface area (Å²) in [5.41, 5.74) is 1.53. The fourth-order valence-corrected chi connectivity index (χ4v) is 5.02. The van der Waals surface area contributed by atoms with Crippen molar-refractivity contribution in [3.05, 3.63) is 0 Å². The van der Waals surface area contributed by atoms with Gasteiger partial charge in [0.15, 0.2) is 0 Å². The molecule has 0 radical (unpaired) electrons. The van der Waals surface area contributed by atoms with Gasteiger partial charge in [-0.25, -0.2) is 0 Å². The second-order valence-electron chi connectivity index (χ2n) is 11.3. The van der Waals surface area contributed by atoms with Crippen LogP contribution in [0.4, 0.5) is 0 Å². The molecule has 0 aromatic rings. The second-order valence-corrected chi connectivity index (χ2v) is 11.3. The quantitative estimate of drug-likeness (QED) is 0.428. The summed E-state index contributed by atoms with van der Waals surface area (Å²) in [5, 5.41) is 0. The SMILES string of the molecule is CC1CCC(C)(C)CCCC2CC2C(C)(C)C(C)(C)CCC1C. The van der Waals surface area contributed by atoms with Crippen LogP contribution in [0, 0.1) is 39.9 Å². The highest BCUT2D eigenvalue weighted by atomic mass is 14.6. The van der Waals surface area contributed by atoms with E-state index >= 15 is 0 Å². The average Bonchev–Trinajstić information content (AvgIpc) is 3.21. The molecular formula is C23H44. The lowest BCUT2D eigenvalue weighted by Crippen LogP contribution is -2.35. The van der Waals surface area contributed by atoms with Crippen molar-refractivity contribution in [1.82, 2.24) is 0 Å². The molecule has 0 spiro atoms. The van der Waals surface area contributed by atoms with Crippen LogP contribution in [0.3, 0.4) is 0 Å². The lowest BCUT2D eigenvalue weighted by molar-refractivity contribution is 0.0555. The predicted octanol–water partition coefficient (Wildman–Crippen LogP) is 7.72. The first kappa shape index (κ1) is 19.3. The maximum absolute atomic E-state index is 2.57. The monoisotopic (exact) mass is 320 g/mol. The van der Waals surface area contributed by atoms with Crippen LogP contribution >= 0.6 is 0 Å². The van der Waals surface area contributed by atoms with E-state index in [9.17, 15) is 0 Å². The van der Waals surface area contributed by atoms with E-state index in [4.69, 9.17) is 0 Å². The van der Waals surface area contributed by atoms with Crippen LogP contribution in [0.15, 0.2) is 0 Å². The molecule has 0 saturated heterocycles. The number of hydrogen-bond acceptors (Lipinski definition) is 0. The third-order valence-electron chi connectivity index (χ3n) is 8.49. The zero-order valence-electron chi connectivity index (χ0n) is 17.5. The summed E-state index contributed by atoms with van der Waals surface area (Å²) in [6.45, 7) is 20.3. The molecular weight excluding hydrogens is 276 g/mol. The molecule has 0 amide bonds. The van der Waals surface area contributed by atoms with Gasteiger partial charge in [0.2, 0.25) is 0 Å². The first-order valence-corrected chi connectivity index (χ1v) is 10.5. The molecule has 0 aromatic carbocycles. The van der Waals surface area contributed by atoms with Crippen molar-refractivity contribution in [3.8, 4) is 0 Å². The number of hydrogen-bond donors (Lipinski definition) is 0. The smallest absolute Gasteiger partial charge is 0.0272 e. The van der Waals surface area contributed by atoms with E-state index in [2.05, 4.69) is 55.4 Å². The zero-order chi connectivity index (χ0) is 17.5. The van der Waals surface area contributed by atoms with Crippen LogP contribution in [0.25, 0.3) is 0 Å². The average molecular weight is 321 g/mol. The number of rotatable bonds is 0. The Labute approximate surface area is 147 Å². The molecule has 0 nitrogen and oxygen atoms in total. The highest BCUT2D eigenvalue weighted by Gasteiger charge is 2.53. The van der Waals surface area contributed by atoms with Crippen molar-refractivity contribution in [1.29, 1.82) is 0 Å². The zero-order valence-corrected chi connectivity index (χ0v) is 17.5. The molecule has 2 fully saturated rings. The molecule has 0 aromatic heterocycles. The van der Waals surface area contributed by atoms with Gasteiger partial charge in [0.25, 0.3) is 0 Å². The van der Waals surface area contributed by atoms with Gasteiger partial charge in [-0.2, -0.15) is 0 Å². The molecule has 0 N–H and O–H groups in total. The van der Waals surface area contributed by atoms with Crippen molar-refractivity contribution in [2.24, 2.45) is 39.9 Å². The van der Waals surface area contributed by atoms with Gasteiger partial charge in [-0.05, 0) is 78.4 Å². The van der Waals surface area contributed by atoms with E-state index < -0.39 is 0 Å². The van der Waals surface area contributed by atoms with Crippen molar-refractivity contribution in [2.45, 2.75) is 107 Å². The van der Waals surface area contributed by atoms with Crippen LogP contribution in [0.5, 0.6) is 0 Å². The van der Waals surface area contributed by atoms with Gasteiger partial charge >= 0.3 is 0 Å². The third kappa shape index (κ3) is 4.55. The first-order chi connectivity index (χ1) is 10.5. The van der Waals surface area contributed by atoms with Gasteiger partial charge in [0, 0.05) is 0 Å². The van der Waals surface area contributed by atoms with Gasteiger partial charge in [-0.15, -0.1) is 0 Å². The Bertz CT molecular complexity index is 387. The summed E-state index contributed by atoms with van der Waals surface area (Å²) < 4.78 is 0. The summed E-state index contributed by atoms with van der Waals surface area (Å²) in [6.07, 6.45) is 11.5. The molecule has 2 saturated carbocycles. The molecule has 136 valence electrons. The minimum absolute atomic E-state index is 0.476. The summed E-state index contributed by atoms with van der Waals surface area (Å²) in [6, 6.07) is 0. The molecule has 0 heterocycles. The largest absolute Gasteiger partial charge is 0.0623 e. The normalized spacial score (nSPS) is 40.7. The Morgan fingerprint density at radius 1 is 0.696 bits per heavy atom. The van der Waals surface area contributed by atoms with Crippen molar-refractivity contribution in [3.63, 3.8) is 0 Å². The van der Waals surface area contributed by atoms with E-state index in [1.54, 1.807) is 0 Å². The standard InChI is InChI=1S/C23H44/c1-17-11-14-21(3,4)13-9-10-19-16-20(19)23(7,8)22(5,6)15-12-18(17)2/h17-20H,9-16H2,1-8H3. The van der Waals surface area contributed by atoms with Crippen molar-refractivity contribution in [2.75, 3.05) is 0 Å². The molecule has 2 aliphatic rings. The minimum atomic E-state index is 0.476. The van der Waals surface area contributed by atoms with E-state index in [0.717, 1.165) is 23.7 Å². The van der Waals surface area contributed by atoms with Crippen LogP contribution in [-0.2, 0) is 0 Å². The third-order valence-corrected chi connectivity index (χ3v) is 8.49. The van der Waals surface area contributed by atoms with E-state index in [-0.39, 0.29) is 0 Å². The maximum Gasteiger partial charge on any atom is -0.0272 e. The predicted molar refractivity (Wildman–Crippen MR) is 104 cm³/mol. The van der Waals surface area contributed by atoms with Gasteiger partial charge < -0.3 is 0 Å². The van der Waals surface area contributed by atoms with Crippen LogP contribution in [0.1, 0.15) is 107 Å². The molecule has 4 unspecified atom stereocenters. The molecule has 2 aliphatic carbocycles. The fraction of sp³-hybridized carbons (Fsp3) is 1.00. The lowest BCUT2D eigenvalue weighted by Gasteiger charge is -2.44. The highest BCUT2D eigenvalue weighted by Crippen LogP contribution is 2.61. The summed E-state index contributed by atoms with van der Waals surface area (Å²) in [7, 11) is 0. The maximum atomic E-state index is 2.57. The molecule has 0 aliphatic heterocycles. The van der Waals surface area contributed by atoms with Crippen molar-refractivity contribution < 1.29 is 0 Å².